The molecule has 1 saturated heterocycles. The van der Waals surface area contributed by atoms with Crippen molar-refractivity contribution in [1.29, 1.82) is 0 Å². The van der Waals surface area contributed by atoms with Crippen molar-refractivity contribution >= 4 is 28.2 Å². The number of benzene rings is 2. The summed E-state index contributed by atoms with van der Waals surface area (Å²) in [6.07, 6.45) is 7.30. The average Bonchev–Trinajstić information content (AvgIpc) is 3.61. The number of cyclic esters (lactones) is 1. The van der Waals surface area contributed by atoms with Crippen LogP contribution in [-0.2, 0) is 24.1 Å². The molecule has 4 aromatic rings. The quantitative estimate of drug-likeness (QED) is 0.443. The standard InChI is InChI=1S/C25H23N5O2S/c31-25-29(11-12-32-25)21-6-5-19-7-10-28(17-20(19)15-21)24-26-16-23(33-24)14-18-3-1-4-22(13-18)30-9-2-8-27-30/h1-6,8-9,13,15-16H,7,10-12,14,17H2. The summed E-state index contributed by atoms with van der Waals surface area (Å²) in [7, 11) is 0. The lowest BCUT2D eigenvalue weighted by Gasteiger charge is -2.29. The predicted molar refractivity (Wildman–Crippen MR) is 128 cm³/mol. The lowest BCUT2D eigenvalue weighted by atomic mass is 9.99. The minimum absolute atomic E-state index is 0.260. The van der Waals surface area contributed by atoms with E-state index >= 15 is 0 Å². The highest BCUT2D eigenvalue weighted by Crippen LogP contribution is 2.32. The Morgan fingerprint density at radius 3 is 2.85 bits per heavy atom. The lowest BCUT2D eigenvalue weighted by molar-refractivity contribution is 0.181. The van der Waals surface area contributed by atoms with E-state index in [0.29, 0.717) is 13.2 Å². The first-order chi connectivity index (χ1) is 16.2. The van der Waals surface area contributed by atoms with Gasteiger partial charge in [-0.1, -0.05) is 18.2 Å². The summed E-state index contributed by atoms with van der Waals surface area (Å²) in [5.41, 5.74) is 5.81. The first-order valence-electron chi connectivity index (χ1n) is 11.1. The SMILES string of the molecule is O=C1OCCN1c1ccc2c(c1)CN(c1ncc(Cc3cccc(-n4cccn4)c3)s1)CC2. The van der Waals surface area contributed by atoms with E-state index in [1.54, 1.807) is 22.4 Å². The van der Waals surface area contributed by atoms with Crippen molar-refractivity contribution in [2.45, 2.75) is 19.4 Å². The second-order valence-electron chi connectivity index (χ2n) is 8.30. The van der Waals surface area contributed by atoms with E-state index in [9.17, 15) is 4.79 Å². The molecule has 2 aromatic carbocycles. The average molecular weight is 458 g/mol. The van der Waals surface area contributed by atoms with Gasteiger partial charge in [-0.25, -0.2) is 14.5 Å². The number of carbonyl (C=O) groups is 1. The number of thiazole rings is 1. The molecule has 33 heavy (non-hydrogen) atoms. The first kappa shape index (κ1) is 20.0. The summed E-state index contributed by atoms with van der Waals surface area (Å²) in [5.74, 6) is 0. The number of carbonyl (C=O) groups excluding carboxylic acids is 1. The highest BCUT2D eigenvalue weighted by molar-refractivity contribution is 7.15. The van der Waals surface area contributed by atoms with Crippen molar-refractivity contribution in [3.63, 3.8) is 0 Å². The van der Waals surface area contributed by atoms with Crippen LogP contribution in [0, 0.1) is 0 Å². The van der Waals surface area contributed by atoms with E-state index in [1.165, 1.54) is 21.6 Å². The second kappa shape index (κ2) is 8.37. The van der Waals surface area contributed by atoms with E-state index in [-0.39, 0.29) is 6.09 Å². The normalized spacial score (nSPS) is 15.6. The smallest absolute Gasteiger partial charge is 0.414 e. The third-order valence-corrected chi connectivity index (χ3v) is 7.20. The maximum Gasteiger partial charge on any atom is 0.414 e. The maximum atomic E-state index is 11.9. The van der Waals surface area contributed by atoms with E-state index in [0.717, 1.165) is 42.4 Å². The highest BCUT2D eigenvalue weighted by Gasteiger charge is 2.26. The van der Waals surface area contributed by atoms with Gasteiger partial charge >= 0.3 is 6.09 Å². The van der Waals surface area contributed by atoms with Crippen molar-refractivity contribution in [3.8, 4) is 5.69 Å². The molecule has 0 atom stereocenters. The lowest BCUT2D eigenvalue weighted by Crippen LogP contribution is -2.31. The molecule has 0 bridgehead atoms. The molecule has 2 aromatic heterocycles. The molecular weight excluding hydrogens is 434 g/mol. The van der Waals surface area contributed by atoms with Crippen LogP contribution in [0.1, 0.15) is 21.6 Å². The summed E-state index contributed by atoms with van der Waals surface area (Å²) in [6, 6.07) is 16.7. The van der Waals surface area contributed by atoms with E-state index in [1.807, 2.05) is 29.2 Å². The van der Waals surface area contributed by atoms with Crippen LogP contribution < -0.4 is 9.80 Å². The van der Waals surface area contributed by atoms with Gasteiger partial charge in [0.25, 0.3) is 0 Å². The molecule has 2 aliphatic rings. The van der Waals surface area contributed by atoms with Gasteiger partial charge in [-0.15, -0.1) is 11.3 Å². The van der Waals surface area contributed by atoms with Gasteiger partial charge in [0.1, 0.15) is 6.61 Å². The Kier molecular flexibility index (Phi) is 5.07. The number of ether oxygens (including phenoxy) is 1. The number of aromatic nitrogens is 3. The van der Waals surface area contributed by atoms with Gasteiger partial charge in [0.2, 0.25) is 0 Å². The van der Waals surface area contributed by atoms with Gasteiger partial charge in [-0.2, -0.15) is 5.10 Å². The fraction of sp³-hybridized carbons (Fsp3) is 0.240. The zero-order valence-electron chi connectivity index (χ0n) is 18.1. The largest absolute Gasteiger partial charge is 0.447 e. The number of amides is 1. The van der Waals surface area contributed by atoms with Crippen LogP contribution in [0.4, 0.5) is 15.6 Å². The molecule has 166 valence electrons. The van der Waals surface area contributed by atoms with Gasteiger partial charge in [0, 0.05) is 48.7 Å². The van der Waals surface area contributed by atoms with Crippen LogP contribution in [0.2, 0.25) is 0 Å². The Morgan fingerprint density at radius 1 is 1.03 bits per heavy atom. The molecule has 8 heteroatoms. The third kappa shape index (κ3) is 3.98. The Balaban J connectivity index is 1.18. The predicted octanol–water partition coefficient (Wildman–Crippen LogP) is 4.44. The Hall–Kier alpha value is -3.65. The van der Waals surface area contributed by atoms with Gasteiger partial charge in [-0.05, 0) is 53.4 Å². The van der Waals surface area contributed by atoms with Gasteiger partial charge in [-0.3, -0.25) is 4.90 Å². The van der Waals surface area contributed by atoms with Gasteiger partial charge in [0.05, 0.1) is 12.2 Å². The number of rotatable bonds is 5. The number of nitrogens with zero attached hydrogens (tertiary/aromatic N) is 5. The summed E-state index contributed by atoms with van der Waals surface area (Å²) in [4.78, 5) is 22.0. The number of anilines is 2. The summed E-state index contributed by atoms with van der Waals surface area (Å²) < 4.78 is 6.98. The molecule has 1 fully saturated rings. The number of hydrogen-bond donors (Lipinski definition) is 0. The summed E-state index contributed by atoms with van der Waals surface area (Å²) in [6.45, 7) is 2.81. The summed E-state index contributed by atoms with van der Waals surface area (Å²) in [5, 5.41) is 5.37. The van der Waals surface area contributed by atoms with Crippen LogP contribution in [0.3, 0.4) is 0 Å². The minimum Gasteiger partial charge on any atom is -0.447 e. The third-order valence-electron chi connectivity index (χ3n) is 6.14. The Bertz CT molecular complexity index is 1300. The fourth-order valence-corrected chi connectivity index (χ4v) is 5.43. The molecule has 4 heterocycles. The van der Waals surface area contributed by atoms with Crippen LogP contribution in [0.25, 0.3) is 5.69 Å². The number of fused-ring (bicyclic) bond motifs is 1. The van der Waals surface area contributed by atoms with Crippen LogP contribution >= 0.6 is 11.3 Å². The molecule has 0 saturated carbocycles. The first-order valence-corrected chi connectivity index (χ1v) is 11.9. The van der Waals surface area contributed by atoms with Crippen LogP contribution in [0.15, 0.2) is 67.1 Å². The van der Waals surface area contributed by atoms with Crippen LogP contribution in [0.5, 0.6) is 0 Å². The monoisotopic (exact) mass is 457 g/mol. The zero-order valence-corrected chi connectivity index (χ0v) is 18.9. The number of hydrogen-bond acceptors (Lipinski definition) is 6. The molecule has 0 radical (unpaired) electrons. The van der Waals surface area contributed by atoms with Crippen molar-refractivity contribution < 1.29 is 9.53 Å². The van der Waals surface area contributed by atoms with Crippen molar-refractivity contribution in [2.24, 2.45) is 0 Å². The highest BCUT2D eigenvalue weighted by atomic mass is 32.1. The molecule has 0 unspecified atom stereocenters. The molecule has 0 spiro atoms. The maximum absolute atomic E-state index is 11.9. The molecule has 1 amide bonds. The molecule has 2 aliphatic heterocycles. The topological polar surface area (TPSA) is 63.5 Å². The van der Waals surface area contributed by atoms with Gasteiger partial charge < -0.3 is 9.64 Å². The molecule has 6 rings (SSSR count). The summed E-state index contributed by atoms with van der Waals surface area (Å²) >= 11 is 1.75. The van der Waals surface area contributed by atoms with Crippen molar-refractivity contribution in [1.82, 2.24) is 14.8 Å². The van der Waals surface area contributed by atoms with Crippen molar-refractivity contribution in [2.75, 3.05) is 29.5 Å². The Morgan fingerprint density at radius 2 is 2.00 bits per heavy atom. The molecule has 7 nitrogen and oxygen atoms in total. The second-order valence-corrected chi connectivity index (χ2v) is 9.39. The minimum atomic E-state index is -0.260. The molecule has 0 aliphatic carbocycles. The van der Waals surface area contributed by atoms with E-state index in [4.69, 9.17) is 9.72 Å². The fourth-order valence-electron chi connectivity index (χ4n) is 4.46. The van der Waals surface area contributed by atoms with Crippen molar-refractivity contribution in [3.05, 3.63) is 88.7 Å². The zero-order chi connectivity index (χ0) is 22.2. The van der Waals surface area contributed by atoms with Gasteiger partial charge in [0.15, 0.2) is 5.13 Å². The molecule has 0 N–H and O–H groups in total. The van der Waals surface area contributed by atoms with Crippen LogP contribution in [-0.4, -0.2) is 40.6 Å². The van der Waals surface area contributed by atoms with E-state index < -0.39 is 0 Å². The van der Waals surface area contributed by atoms with E-state index in [2.05, 4.69) is 46.4 Å². The Labute approximate surface area is 195 Å². The molecular formula is C25H23N5O2S.